The molecule has 106 valence electrons. The molecule has 20 heavy (non-hydrogen) atoms. The molecule has 0 unspecified atom stereocenters. The molecule has 0 atom stereocenters. The topological polar surface area (TPSA) is 83.5 Å². The molecule has 1 aromatic heterocycles. The second-order valence-electron chi connectivity index (χ2n) is 3.89. The number of hydrogen-bond donors (Lipinski definition) is 2. The maximum absolute atomic E-state index is 12.1. The fourth-order valence-electron chi connectivity index (χ4n) is 1.57. The number of para-hydroxylation sites is 1. The van der Waals surface area contributed by atoms with Gasteiger partial charge in [-0.3, -0.25) is 9.52 Å². The molecular formula is C12H10ClNO4S2. The summed E-state index contributed by atoms with van der Waals surface area (Å²) in [5.74, 6) is -1.03. The van der Waals surface area contributed by atoms with Gasteiger partial charge < -0.3 is 5.11 Å². The summed E-state index contributed by atoms with van der Waals surface area (Å²) in [5.41, 5.74) is 0.644. The molecule has 2 N–H and O–H groups in total. The number of nitrogens with one attached hydrogen (secondary N) is 1. The van der Waals surface area contributed by atoms with E-state index < -0.39 is 16.0 Å². The van der Waals surface area contributed by atoms with Crippen LogP contribution in [0.25, 0.3) is 0 Å². The Labute approximate surface area is 124 Å². The molecule has 0 spiro atoms. The zero-order valence-electron chi connectivity index (χ0n) is 10.0. The smallest absolute Gasteiger partial charge is 0.307 e. The van der Waals surface area contributed by atoms with Gasteiger partial charge in [-0.05, 0) is 23.8 Å². The van der Waals surface area contributed by atoms with Crippen molar-refractivity contribution in [3.63, 3.8) is 0 Å². The summed E-state index contributed by atoms with van der Waals surface area (Å²) in [6.07, 6.45) is -0.260. The quantitative estimate of drug-likeness (QED) is 0.882. The maximum atomic E-state index is 12.1. The van der Waals surface area contributed by atoms with Gasteiger partial charge in [0.05, 0.1) is 16.4 Å². The number of sulfonamides is 1. The molecule has 1 aromatic carbocycles. The average molecular weight is 332 g/mol. The van der Waals surface area contributed by atoms with Crippen LogP contribution < -0.4 is 4.72 Å². The summed E-state index contributed by atoms with van der Waals surface area (Å²) < 4.78 is 27.1. The summed E-state index contributed by atoms with van der Waals surface area (Å²) >= 11 is 6.65. The van der Waals surface area contributed by atoms with Crippen LogP contribution in [0, 0.1) is 0 Å². The molecule has 8 heteroatoms. The molecule has 0 amide bonds. The van der Waals surface area contributed by atoms with Crippen LogP contribution in [-0.4, -0.2) is 19.5 Å². The lowest BCUT2D eigenvalue weighted by atomic mass is 10.1. The standard InChI is InChI=1S/C12H10ClNO4S2/c13-10-5-6-12(19-10)20(17,18)14-9-4-2-1-3-8(9)7-11(15)16/h1-6,14H,7H2,(H,15,16). The molecular weight excluding hydrogens is 322 g/mol. The zero-order chi connectivity index (χ0) is 14.8. The summed E-state index contributed by atoms with van der Waals surface area (Å²) in [6, 6.07) is 9.25. The van der Waals surface area contributed by atoms with E-state index in [4.69, 9.17) is 16.7 Å². The minimum Gasteiger partial charge on any atom is -0.481 e. The van der Waals surface area contributed by atoms with Crippen molar-refractivity contribution in [3.8, 4) is 0 Å². The first-order valence-corrected chi connectivity index (χ1v) is 8.14. The maximum Gasteiger partial charge on any atom is 0.307 e. The van der Waals surface area contributed by atoms with Crippen LogP contribution in [0.1, 0.15) is 5.56 Å². The summed E-state index contributed by atoms with van der Waals surface area (Å²) in [6.45, 7) is 0. The van der Waals surface area contributed by atoms with Crippen LogP contribution in [0.5, 0.6) is 0 Å². The lowest BCUT2D eigenvalue weighted by molar-refractivity contribution is -0.136. The highest BCUT2D eigenvalue weighted by atomic mass is 35.5. The van der Waals surface area contributed by atoms with E-state index in [-0.39, 0.29) is 16.3 Å². The Kier molecular flexibility index (Phi) is 4.32. The van der Waals surface area contributed by atoms with E-state index in [2.05, 4.69) is 4.72 Å². The zero-order valence-corrected chi connectivity index (χ0v) is 12.4. The number of anilines is 1. The predicted octanol–water partition coefficient (Wildman–Crippen LogP) is 2.83. The van der Waals surface area contributed by atoms with Crippen LogP contribution in [0.15, 0.2) is 40.6 Å². The molecule has 0 saturated carbocycles. The van der Waals surface area contributed by atoms with E-state index in [0.717, 1.165) is 11.3 Å². The first-order valence-electron chi connectivity index (χ1n) is 5.46. The number of hydrogen-bond acceptors (Lipinski definition) is 4. The van der Waals surface area contributed by atoms with Crippen molar-refractivity contribution in [2.75, 3.05) is 4.72 Å². The van der Waals surface area contributed by atoms with E-state index in [1.165, 1.54) is 18.2 Å². The van der Waals surface area contributed by atoms with Crippen molar-refractivity contribution in [1.82, 2.24) is 0 Å². The first kappa shape index (κ1) is 14.8. The van der Waals surface area contributed by atoms with Crippen LogP contribution in [0.2, 0.25) is 4.34 Å². The Balaban J connectivity index is 2.32. The van der Waals surface area contributed by atoms with Gasteiger partial charge in [0.25, 0.3) is 10.0 Å². The van der Waals surface area contributed by atoms with Gasteiger partial charge >= 0.3 is 5.97 Å². The Hall–Kier alpha value is -1.57. The van der Waals surface area contributed by atoms with Crippen LogP contribution >= 0.6 is 22.9 Å². The molecule has 2 aromatic rings. The highest BCUT2D eigenvalue weighted by Crippen LogP contribution is 2.28. The largest absolute Gasteiger partial charge is 0.481 e. The molecule has 0 aliphatic rings. The lowest BCUT2D eigenvalue weighted by Gasteiger charge is -2.10. The van der Waals surface area contributed by atoms with Crippen molar-refractivity contribution in [1.29, 1.82) is 0 Å². The third kappa shape index (κ3) is 3.50. The van der Waals surface area contributed by atoms with E-state index in [1.807, 2.05) is 0 Å². The third-order valence-electron chi connectivity index (χ3n) is 2.42. The van der Waals surface area contributed by atoms with Crippen molar-refractivity contribution >= 4 is 44.6 Å². The molecule has 0 fully saturated rings. The third-order valence-corrected chi connectivity index (χ3v) is 5.51. The van der Waals surface area contributed by atoms with E-state index in [0.29, 0.717) is 9.90 Å². The van der Waals surface area contributed by atoms with Crippen LogP contribution in [-0.2, 0) is 21.2 Å². The Morgan fingerprint density at radius 3 is 2.55 bits per heavy atom. The fraction of sp³-hybridized carbons (Fsp3) is 0.0833. The second-order valence-corrected chi connectivity index (χ2v) is 7.52. The van der Waals surface area contributed by atoms with Gasteiger partial charge in [-0.25, -0.2) is 8.42 Å². The van der Waals surface area contributed by atoms with Crippen molar-refractivity contribution in [2.45, 2.75) is 10.6 Å². The summed E-state index contributed by atoms with van der Waals surface area (Å²) in [4.78, 5) is 10.8. The van der Waals surface area contributed by atoms with Gasteiger partial charge in [-0.2, -0.15) is 0 Å². The van der Waals surface area contributed by atoms with Gasteiger partial charge in [0.2, 0.25) is 0 Å². The lowest BCUT2D eigenvalue weighted by Crippen LogP contribution is -2.14. The number of carboxylic acid groups (broad SMARTS) is 1. The first-order chi connectivity index (χ1) is 9.38. The van der Waals surface area contributed by atoms with Gasteiger partial charge in [0.15, 0.2) is 0 Å². The number of benzene rings is 1. The predicted molar refractivity (Wildman–Crippen MR) is 77.9 cm³/mol. The van der Waals surface area contributed by atoms with Crippen LogP contribution in [0.3, 0.4) is 0 Å². The molecule has 0 aliphatic heterocycles. The van der Waals surface area contributed by atoms with Gasteiger partial charge in [-0.1, -0.05) is 29.8 Å². The fourth-order valence-corrected chi connectivity index (χ4v) is 4.16. The van der Waals surface area contributed by atoms with Crippen molar-refractivity contribution in [3.05, 3.63) is 46.3 Å². The summed E-state index contributed by atoms with van der Waals surface area (Å²) in [7, 11) is -3.76. The minimum absolute atomic E-state index is 0.0765. The molecule has 1 heterocycles. The molecule has 0 aliphatic carbocycles. The molecule has 2 rings (SSSR count). The van der Waals surface area contributed by atoms with Crippen molar-refractivity contribution < 1.29 is 18.3 Å². The minimum atomic E-state index is -3.76. The molecule has 0 radical (unpaired) electrons. The van der Waals surface area contributed by atoms with E-state index >= 15 is 0 Å². The Morgan fingerprint density at radius 1 is 1.25 bits per heavy atom. The number of carbonyl (C=O) groups is 1. The molecule has 0 saturated heterocycles. The number of thiophene rings is 1. The SMILES string of the molecule is O=C(O)Cc1ccccc1NS(=O)(=O)c1ccc(Cl)s1. The molecule has 5 nitrogen and oxygen atoms in total. The van der Waals surface area contributed by atoms with Gasteiger partial charge in [-0.15, -0.1) is 11.3 Å². The number of aliphatic carboxylic acids is 1. The average Bonchev–Trinajstić information content (AvgIpc) is 2.78. The van der Waals surface area contributed by atoms with Crippen molar-refractivity contribution in [2.24, 2.45) is 0 Å². The second kappa shape index (κ2) is 5.82. The van der Waals surface area contributed by atoms with Gasteiger partial charge in [0.1, 0.15) is 4.21 Å². The highest BCUT2D eigenvalue weighted by molar-refractivity contribution is 7.94. The number of carboxylic acids is 1. The van der Waals surface area contributed by atoms with E-state index in [1.54, 1.807) is 18.2 Å². The highest BCUT2D eigenvalue weighted by Gasteiger charge is 2.18. The Morgan fingerprint density at radius 2 is 1.95 bits per heavy atom. The molecule has 0 bridgehead atoms. The van der Waals surface area contributed by atoms with E-state index in [9.17, 15) is 13.2 Å². The van der Waals surface area contributed by atoms with Gasteiger partial charge in [0, 0.05) is 0 Å². The van der Waals surface area contributed by atoms with Crippen LogP contribution in [0.4, 0.5) is 5.69 Å². The number of rotatable bonds is 5. The summed E-state index contributed by atoms with van der Waals surface area (Å²) in [5, 5.41) is 8.82. The monoisotopic (exact) mass is 331 g/mol. The normalized spacial score (nSPS) is 11.2. The number of halogens is 1. The Bertz CT molecular complexity index is 739.